The van der Waals surface area contributed by atoms with E-state index in [0.717, 1.165) is 19.3 Å². The highest BCUT2D eigenvalue weighted by Crippen LogP contribution is 2.14. The number of rotatable bonds is 30. The molecule has 0 atom stereocenters. The van der Waals surface area contributed by atoms with Crippen molar-refractivity contribution in [1.82, 2.24) is 0 Å². The van der Waals surface area contributed by atoms with E-state index in [2.05, 4.69) is 27.7 Å². The maximum Gasteiger partial charge on any atom is 0.305 e. The largest absolute Gasteiger partial charge is 0.481 e. The molecule has 0 spiro atoms. The predicted molar refractivity (Wildman–Crippen MR) is 174 cm³/mol. The molecule has 4 heteroatoms. The zero-order valence-electron chi connectivity index (χ0n) is 27.8. The maximum atomic E-state index is 11.4. The minimum absolute atomic E-state index is 0.0169. The van der Waals surface area contributed by atoms with Gasteiger partial charge < -0.3 is 9.84 Å². The van der Waals surface area contributed by atoms with Gasteiger partial charge in [0, 0.05) is 12.8 Å². The van der Waals surface area contributed by atoms with Gasteiger partial charge in [-0.3, -0.25) is 9.59 Å². The van der Waals surface area contributed by atoms with Crippen molar-refractivity contribution in [3.05, 3.63) is 0 Å². The number of aliphatic carboxylic acids is 1. The Morgan fingerprint density at radius 2 is 0.750 bits per heavy atom. The number of ether oxygens (including phenoxy) is 1. The summed E-state index contributed by atoms with van der Waals surface area (Å²) in [5.74, 6) is -0.231. The van der Waals surface area contributed by atoms with Crippen LogP contribution < -0.4 is 0 Å². The summed E-state index contributed by atoms with van der Waals surface area (Å²) in [6.07, 6.45) is 35.3. The van der Waals surface area contributed by atoms with Gasteiger partial charge in [-0.1, -0.05) is 182 Å². The topological polar surface area (TPSA) is 63.6 Å². The van der Waals surface area contributed by atoms with E-state index in [4.69, 9.17) is 9.84 Å². The average Bonchev–Trinajstić information content (AvgIpc) is 2.93. The monoisotopic (exact) mass is 569 g/mol. The van der Waals surface area contributed by atoms with Crippen LogP contribution in [0.15, 0.2) is 0 Å². The molecule has 4 nitrogen and oxygen atoms in total. The van der Waals surface area contributed by atoms with E-state index in [0.29, 0.717) is 25.4 Å². The van der Waals surface area contributed by atoms with Gasteiger partial charge in [0.25, 0.3) is 0 Å². The second-order valence-corrected chi connectivity index (χ2v) is 12.5. The van der Waals surface area contributed by atoms with Crippen molar-refractivity contribution in [1.29, 1.82) is 0 Å². The van der Waals surface area contributed by atoms with Crippen LogP contribution in [0.4, 0.5) is 0 Å². The van der Waals surface area contributed by atoms with Crippen LogP contribution in [0.2, 0.25) is 0 Å². The second kappa shape index (κ2) is 36.0. The molecule has 240 valence electrons. The predicted octanol–water partition coefficient (Wildman–Crippen LogP) is 12.2. The lowest BCUT2D eigenvalue weighted by Crippen LogP contribution is -2.09. The number of carboxylic acids is 1. The lowest BCUT2D eigenvalue weighted by atomic mass is 10.0. The summed E-state index contributed by atoms with van der Waals surface area (Å²) in [4.78, 5) is 21.7. The van der Waals surface area contributed by atoms with Gasteiger partial charge in [-0.2, -0.15) is 0 Å². The highest BCUT2D eigenvalue weighted by atomic mass is 16.5. The van der Waals surface area contributed by atoms with E-state index in [1.807, 2.05) is 0 Å². The van der Waals surface area contributed by atoms with Crippen LogP contribution in [0, 0.1) is 5.92 Å². The molecular formula is C36H72O4. The summed E-state index contributed by atoms with van der Waals surface area (Å²) in [5.41, 5.74) is 0. The van der Waals surface area contributed by atoms with Gasteiger partial charge >= 0.3 is 11.9 Å². The Balaban J connectivity index is 0. The van der Waals surface area contributed by atoms with Crippen LogP contribution in [0.25, 0.3) is 0 Å². The smallest absolute Gasteiger partial charge is 0.305 e. The highest BCUT2D eigenvalue weighted by molar-refractivity contribution is 5.69. The number of hydrogen-bond acceptors (Lipinski definition) is 3. The molecule has 0 heterocycles. The van der Waals surface area contributed by atoms with Crippen LogP contribution in [-0.4, -0.2) is 23.7 Å². The molecular weight excluding hydrogens is 496 g/mol. The molecule has 0 radical (unpaired) electrons. The van der Waals surface area contributed by atoms with Crippen molar-refractivity contribution in [2.24, 2.45) is 5.92 Å². The van der Waals surface area contributed by atoms with Crippen LogP contribution >= 0.6 is 0 Å². The molecule has 0 rings (SSSR count). The molecule has 0 aliphatic heterocycles. The highest BCUT2D eigenvalue weighted by Gasteiger charge is 2.04. The molecule has 0 saturated heterocycles. The molecule has 0 fully saturated rings. The SMILES string of the molecule is CCCCCCCCCCCCCCCC(=O)O.CCCCCCCCCCCCCCCC(=O)OCC(C)C. The van der Waals surface area contributed by atoms with E-state index in [1.54, 1.807) is 0 Å². The molecule has 0 unspecified atom stereocenters. The van der Waals surface area contributed by atoms with Gasteiger partial charge in [0.05, 0.1) is 6.61 Å². The quantitative estimate of drug-likeness (QED) is 0.0691. The average molecular weight is 569 g/mol. The van der Waals surface area contributed by atoms with E-state index in [-0.39, 0.29) is 5.97 Å². The summed E-state index contributed by atoms with van der Waals surface area (Å²) in [6.45, 7) is 9.24. The zero-order valence-corrected chi connectivity index (χ0v) is 27.8. The minimum Gasteiger partial charge on any atom is -0.481 e. The van der Waals surface area contributed by atoms with E-state index < -0.39 is 5.97 Å². The second-order valence-electron chi connectivity index (χ2n) is 12.5. The molecule has 0 aromatic rings. The van der Waals surface area contributed by atoms with Gasteiger partial charge in [0.2, 0.25) is 0 Å². The van der Waals surface area contributed by atoms with Crippen molar-refractivity contribution in [3.63, 3.8) is 0 Å². The molecule has 0 bridgehead atoms. The van der Waals surface area contributed by atoms with E-state index in [9.17, 15) is 9.59 Å². The van der Waals surface area contributed by atoms with Crippen LogP contribution in [-0.2, 0) is 14.3 Å². The molecule has 40 heavy (non-hydrogen) atoms. The van der Waals surface area contributed by atoms with E-state index in [1.165, 1.54) is 148 Å². The molecule has 0 aromatic heterocycles. The summed E-state index contributed by atoms with van der Waals surface area (Å²) < 4.78 is 5.17. The summed E-state index contributed by atoms with van der Waals surface area (Å²) in [6, 6.07) is 0. The normalized spacial score (nSPS) is 10.9. The van der Waals surface area contributed by atoms with Gasteiger partial charge in [-0.25, -0.2) is 0 Å². The molecule has 1 N–H and O–H groups in total. The zero-order chi connectivity index (χ0) is 29.9. The third-order valence-corrected chi connectivity index (χ3v) is 7.56. The van der Waals surface area contributed by atoms with Gasteiger partial charge in [0.15, 0.2) is 0 Å². The first kappa shape index (κ1) is 41.1. The van der Waals surface area contributed by atoms with Crippen molar-refractivity contribution < 1.29 is 19.4 Å². The van der Waals surface area contributed by atoms with Crippen molar-refractivity contribution in [2.45, 2.75) is 207 Å². The molecule has 0 aliphatic rings. The van der Waals surface area contributed by atoms with Crippen LogP contribution in [0.5, 0.6) is 0 Å². The van der Waals surface area contributed by atoms with Gasteiger partial charge in [-0.15, -0.1) is 0 Å². The van der Waals surface area contributed by atoms with Gasteiger partial charge in [0.1, 0.15) is 0 Å². The first-order chi connectivity index (χ1) is 19.4. The summed E-state index contributed by atoms with van der Waals surface area (Å²) in [5, 5.41) is 8.49. The molecule has 0 amide bonds. The summed E-state index contributed by atoms with van der Waals surface area (Å²) in [7, 11) is 0. The fourth-order valence-corrected chi connectivity index (χ4v) is 4.91. The van der Waals surface area contributed by atoms with Gasteiger partial charge in [-0.05, 0) is 18.8 Å². The first-order valence-corrected chi connectivity index (χ1v) is 17.8. The fraction of sp³-hybridized carbons (Fsp3) is 0.944. The third-order valence-electron chi connectivity index (χ3n) is 7.56. The Labute approximate surface area is 251 Å². The Bertz CT molecular complexity index is 503. The van der Waals surface area contributed by atoms with Crippen LogP contribution in [0.3, 0.4) is 0 Å². The Morgan fingerprint density at radius 1 is 0.475 bits per heavy atom. The number of hydrogen-bond donors (Lipinski definition) is 1. The number of carbonyl (C=O) groups is 2. The van der Waals surface area contributed by atoms with Crippen molar-refractivity contribution >= 4 is 11.9 Å². The fourth-order valence-electron chi connectivity index (χ4n) is 4.91. The van der Waals surface area contributed by atoms with E-state index >= 15 is 0 Å². The molecule has 0 aromatic carbocycles. The Kier molecular flexibility index (Phi) is 36.9. The Morgan fingerprint density at radius 3 is 1.02 bits per heavy atom. The maximum absolute atomic E-state index is 11.4. The lowest BCUT2D eigenvalue weighted by molar-refractivity contribution is -0.144. The number of carbonyl (C=O) groups excluding carboxylic acids is 1. The number of esters is 1. The third kappa shape index (κ3) is 41.4. The van der Waals surface area contributed by atoms with Crippen molar-refractivity contribution in [2.75, 3.05) is 6.61 Å². The first-order valence-electron chi connectivity index (χ1n) is 17.8. The van der Waals surface area contributed by atoms with Crippen molar-refractivity contribution in [3.8, 4) is 0 Å². The number of unbranched alkanes of at least 4 members (excludes halogenated alkanes) is 24. The standard InChI is InChI=1S/C20H40O2.C16H32O2/c1-4-5-6-7-8-9-10-11-12-13-14-15-16-17-20(21)22-18-19(2)3;1-2-3-4-5-6-7-8-9-10-11-12-13-14-15-16(17)18/h19H,4-18H2,1-3H3;2-15H2,1H3,(H,17,18). The molecule has 0 aliphatic carbocycles. The summed E-state index contributed by atoms with van der Waals surface area (Å²) >= 11 is 0. The Hall–Kier alpha value is -1.06. The number of carboxylic acid groups (broad SMARTS) is 1. The minimum atomic E-state index is -0.655. The van der Waals surface area contributed by atoms with Crippen LogP contribution in [0.1, 0.15) is 207 Å². The lowest BCUT2D eigenvalue weighted by Gasteiger charge is -2.07. The molecule has 0 saturated carbocycles.